The van der Waals surface area contributed by atoms with E-state index in [1.54, 1.807) is 0 Å². The second kappa shape index (κ2) is 9.20. The molecule has 0 unspecified atom stereocenters. The Morgan fingerprint density at radius 1 is 0.781 bits per heavy atom. The van der Waals surface area contributed by atoms with Gasteiger partial charge in [0.25, 0.3) is 0 Å². The van der Waals surface area contributed by atoms with E-state index in [1.807, 2.05) is 42.5 Å². The fourth-order valence-corrected chi connectivity index (χ4v) is 4.43. The van der Waals surface area contributed by atoms with Crippen molar-refractivity contribution in [3.63, 3.8) is 0 Å². The van der Waals surface area contributed by atoms with Gasteiger partial charge in [0, 0.05) is 42.6 Å². The number of fused-ring (bicyclic) bond motifs is 1. The number of nitrogens with zero attached hydrogens (tertiary/aromatic N) is 1. The highest BCUT2D eigenvalue weighted by atomic mass is 16.3. The molecular formula is C30H27NO. The molecule has 4 aromatic carbocycles. The summed E-state index contributed by atoms with van der Waals surface area (Å²) in [4.78, 5) is 2.45. The lowest BCUT2D eigenvalue weighted by Gasteiger charge is -2.17. The van der Waals surface area contributed by atoms with Crippen LogP contribution in [0.4, 0.5) is 5.69 Å². The molecule has 1 aliphatic heterocycles. The van der Waals surface area contributed by atoms with Crippen molar-refractivity contribution < 1.29 is 5.11 Å². The van der Waals surface area contributed by atoms with Crippen LogP contribution in [-0.4, -0.2) is 18.2 Å². The predicted octanol–water partition coefficient (Wildman–Crippen LogP) is 6.33. The van der Waals surface area contributed by atoms with Gasteiger partial charge in [0.15, 0.2) is 0 Å². The molecule has 0 bridgehead atoms. The second-order valence-corrected chi connectivity index (χ2v) is 8.51. The first-order chi connectivity index (χ1) is 15.8. The highest BCUT2D eigenvalue weighted by Gasteiger charge is 2.11. The van der Waals surface area contributed by atoms with Crippen LogP contribution in [-0.2, 0) is 12.8 Å². The summed E-state index contributed by atoms with van der Waals surface area (Å²) in [5.74, 6) is 6.93. The van der Waals surface area contributed by atoms with Crippen molar-refractivity contribution in [2.75, 3.05) is 18.0 Å². The van der Waals surface area contributed by atoms with Crippen LogP contribution in [0.25, 0.3) is 10.8 Å². The Balaban J connectivity index is 1.32. The molecular weight excluding hydrogens is 390 g/mol. The van der Waals surface area contributed by atoms with Gasteiger partial charge in [-0.05, 0) is 59.2 Å². The first-order valence-electron chi connectivity index (χ1n) is 11.4. The summed E-state index contributed by atoms with van der Waals surface area (Å²) >= 11 is 0. The van der Waals surface area contributed by atoms with E-state index < -0.39 is 0 Å². The zero-order valence-corrected chi connectivity index (χ0v) is 18.2. The van der Waals surface area contributed by atoms with Gasteiger partial charge in [0.05, 0.1) is 0 Å². The van der Waals surface area contributed by atoms with Crippen LogP contribution in [0.1, 0.15) is 35.1 Å². The van der Waals surface area contributed by atoms with E-state index in [0.717, 1.165) is 28.3 Å². The van der Waals surface area contributed by atoms with Crippen molar-refractivity contribution in [2.45, 2.75) is 25.7 Å². The maximum Gasteiger partial charge on any atom is 0.126 e. The molecule has 0 amide bonds. The molecule has 1 saturated heterocycles. The third kappa shape index (κ3) is 4.48. The number of benzene rings is 4. The molecule has 32 heavy (non-hydrogen) atoms. The van der Waals surface area contributed by atoms with Crippen LogP contribution in [0.2, 0.25) is 0 Å². The monoisotopic (exact) mass is 417 g/mol. The Labute approximate surface area is 190 Å². The summed E-state index contributed by atoms with van der Waals surface area (Å²) in [7, 11) is 0. The molecule has 0 spiro atoms. The number of hydrogen-bond acceptors (Lipinski definition) is 2. The zero-order valence-electron chi connectivity index (χ0n) is 18.2. The SMILES string of the molecule is Oc1c(Cc2ccccc2)ccc2ccc(C#CCc3ccc(N4CCCC4)cc3)cc12. The van der Waals surface area contributed by atoms with Gasteiger partial charge in [-0.3, -0.25) is 0 Å². The van der Waals surface area contributed by atoms with Crippen molar-refractivity contribution in [3.8, 4) is 17.6 Å². The molecule has 0 radical (unpaired) electrons. The zero-order chi connectivity index (χ0) is 21.8. The Bertz CT molecular complexity index is 1270. The summed E-state index contributed by atoms with van der Waals surface area (Å²) in [6.45, 7) is 2.34. The maximum absolute atomic E-state index is 10.9. The average molecular weight is 418 g/mol. The first-order valence-corrected chi connectivity index (χ1v) is 11.4. The standard InChI is InChI=1S/C30H27NO/c32-30-27(21-24-7-2-1-3-8-24)16-15-26-14-11-25(22-29(26)30)10-6-9-23-12-17-28(18-13-23)31-19-4-5-20-31/h1-3,7-8,11-18,22,32H,4-5,9,19-21H2. The Morgan fingerprint density at radius 2 is 1.53 bits per heavy atom. The largest absolute Gasteiger partial charge is 0.507 e. The fraction of sp³-hybridized carbons (Fsp3) is 0.200. The Hall–Kier alpha value is -3.70. The Kier molecular flexibility index (Phi) is 5.81. The molecule has 1 fully saturated rings. The quantitative estimate of drug-likeness (QED) is 0.392. The second-order valence-electron chi connectivity index (χ2n) is 8.51. The predicted molar refractivity (Wildman–Crippen MR) is 133 cm³/mol. The molecule has 0 atom stereocenters. The molecule has 158 valence electrons. The minimum atomic E-state index is 0.354. The van der Waals surface area contributed by atoms with Gasteiger partial charge in [0.1, 0.15) is 5.75 Å². The smallest absolute Gasteiger partial charge is 0.126 e. The molecule has 4 aromatic rings. The van der Waals surface area contributed by atoms with Crippen LogP contribution in [0.3, 0.4) is 0 Å². The lowest BCUT2D eigenvalue weighted by atomic mass is 9.98. The third-order valence-electron chi connectivity index (χ3n) is 6.25. The number of aromatic hydroxyl groups is 1. The van der Waals surface area contributed by atoms with Gasteiger partial charge >= 0.3 is 0 Å². The molecule has 2 heteroatoms. The van der Waals surface area contributed by atoms with Gasteiger partial charge in [0.2, 0.25) is 0 Å². The first kappa shape index (κ1) is 20.2. The number of rotatable bonds is 4. The van der Waals surface area contributed by atoms with E-state index >= 15 is 0 Å². The van der Waals surface area contributed by atoms with Crippen molar-refractivity contribution in [1.29, 1.82) is 0 Å². The lowest BCUT2D eigenvalue weighted by Crippen LogP contribution is -2.17. The normalized spacial score (nSPS) is 13.2. The lowest BCUT2D eigenvalue weighted by molar-refractivity contribution is 0.476. The molecule has 0 aromatic heterocycles. The van der Waals surface area contributed by atoms with Crippen molar-refractivity contribution in [2.24, 2.45) is 0 Å². The highest BCUT2D eigenvalue weighted by Crippen LogP contribution is 2.31. The minimum absolute atomic E-state index is 0.354. The molecule has 1 heterocycles. The molecule has 0 saturated carbocycles. The van der Waals surface area contributed by atoms with Crippen molar-refractivity contribution in [1.82, 2.24) is 0 Å². The number of phenolic OH excluding ortho intramolecular Hbond substituents is 1. The summed E-state index contributed by atoms with van der Waals surface area (Å²) in [6, 6.07) is 29.2. The topological polar surface area (TPSA) is 23.5 Å². The van der Waals surface area contributed by atoms with Crippen LogP contribution >= 0.6 is 0 Å². The van der Waals surface area contributed by atoms with E-state index in [9.17, 15) is 5.11 Å². The van der Waals surface area contributed by atoms with Crippen LogP contribution in [0, 0.1) is 11.8 Å². The number of hydrogen-bond donors (Lipinski definition) is 1. The van der Waals surface area contributed by atoms with E-state index in [0.29, 0.717) is 12.2 Å². The summed E-state index contributed by atoms with van der Waals surface area (Å²) in [5, 5.41) is 12.8. The highest BCUT2D eigenvalue weighted by molar-refractivity contribution is 5.90. The van der Waals surface area contributed by atoms with Gasteiger partial charge < -0.3 is 10.0 Å². The van der Waals surface area contributed by atoms with Gasteiger partial charge in [-0.25, -0.2) is 0 Å². The van der Waals surface area contributed by atoms with E-state index in [-0.39, 0.29) is 0 Å². The Morgan fingerprint density at radius 3 is 2.31 bits per heavy atom. The van der Waals surface area contributed by atoms with E-state index in [2.05, 4.69) is 59.2 Å². The fourth-order valence-electron chi connectivity index (χ4n) is 4.43. The van der Waals surface area contributed by atoms with Gasteiger partial charge in [-0.2, -0.15) is 0 Å². The van der Waals surface area contributed by atoms with Crippen LogP contribution in [0.15, 0.2) is 84.9 Å². The van der Waals surface area contributed by atoms with Crippen LogP contribution < -0.4 is 4.90 Å². The molecule has 0 aliphatic carbocycles. The summed E-state index contributed by atoms with van der Waals surface area (Å²) in [5.41, 5.74) is 5.60. The van der Waals surface area contributed by atoms with Gasteiger partial charge in [-0.15, -0.1) is 0 Å². The van der Waals surface area contributed by atoms with E-state index in [4.69, 9.17) is 0 Å². The average Bonchev–Trinajstić information content (AvgIpc) is 3.37. The molecule has 2 nitrogen and oxygen atoms in total. The summed E-state index contributed by atoms with van der Waals surface area (Å²) < 4.78 is 0. The molecule has 1 N–H and O–H groups in total. The summed E-state index contributed by atoms with van der Waals surface area (Å²) in [6.07, 6.45) is 4.02. The third-order valence-corrected chi connectivity index (χ3v) is 6.25. The van der Waals surface area contributed by atoms with Crippen molar-refractivity contribution >= 4 is 16.5 Å². The molecule has 5 rings (SSSR count). The number of anilines is 1. The van der Waals surface area contributed by atoms with Gasteiger partial charge in [-0.1, -0.05) is 72.5 Å². The maximum atomic E-state index is 10.9. The minimum Gasteiger partial charge on any atom is -0.507 e. The van der Waals surface area contributed by atoms with Crippen molar-refractivity contribution in [3.05, 3.63) is 107 Å². The van der Waals surface area contributed by atoms with E-state index in [1.165, 1.54) is 42.7 Å². The number of phenols is 1. The van der Waals surface area contributed by atoms with Crippen LogP contribution in [0.5, 0.6) is 5.75 Å². The molecule has 1 aliphatic rings.